The quantitative estimate of drug-likeness (QED) is 0.100. The normalized spacial score (nSPS) is 11.5. The molecule has 5 aromatic rings. The molecule has 5 rings (SSSR count). The third-order valence-corrected chi connectivity index (χ3v) is 6.22. The molecule has 1 amide bonds. The Morgan fingerprint density at radius 3 is 2.02 bits per heavy atom. The Kier molecular flexibility index (Phi) is 8.64. The van der Waals surface area contributed by atoms with E-state index in [0.29, 0.717) is 22.4 Å². The monoisotopic (exact) mass is 558 g/mol. The maximum Gasteiger partial charge on any atom is 0.343 e. The summed E-state index contributed by atoms with van der Waals surface area (Å²) in [5.74, 6) is -0.827. The van der Waals surface area contributed by atoms with Gasteiger partial charge in [0, 0.05) is 17.0 Å². The van der Waals surface area contributed by atoms with Crippen molar-refractivity contribution in [3.63, 3.8) is 0 Å². The van der Waals surface area contributed by atoms with Crippen molar-refractivity contribution in [2.45, 2.75) is 13.0 Å². The van der Waals surface area contributed by atoms with Crippen LogP contribution in [0.2, 0.25) is 0 Å². The zero-order chi connectivity index (χ0) is 29.3. The van der Waals surface area contributed by atoms with Gasteiger partial charge in [0.25, 0.3) is 5.91 Å². The van der Waals surface area contributed by atoms with Crippen LogP contribution in [-0.2, 0) is 4.79 Å². The van der Waals surface area contributed by atoms with Crippen molar-refractivity contribution in [2.24, 2.45) is 5.10 Å². The highest BCUT2D eigenvalue weighted by molar-refractivity contribution is 5.94. The van der Waals surface area contributed by atoms with Gasteiger partial charge in [-0.2, -0.15) is 5.10 Å². The summed E-state index contributed by atoms with van der Waals surface area (Å²) in [5.41, 5.74) is 3.52. The molecule has 1 unspecified atom stereocenters. The van der Waals surface area contributed by atoms with E-state index in [2.05, 4.69) is 10.5 Å². The van der Waals surface area contributed by atoms with E-state index in [9.17, 15) is 14.4 Å². The molecule has 42 heavy (non-hydrogen) atoms. The van der Waals surface area contributed by atoms with Crippen molar-refractivity contribution in [2.75, 3.05) is 0 Å². The summed E-state index contributed by atoms with van der Waals surface area (Å²) in [5, 5.41) is 5.93. The van der Waals surface area contributed by atoms with E-state index in [1.165, 1.54) is 18.3 Å². The summed E-state index contributed by atoms with van der Waals surface area (Å²) in [6.45, 7) is 1.62. The summed E-state index contributed by atoms with van der Waals surface area (Å²) >= 11 is 0. The van der Waals surface area contributed by atoms with Crippen LogP contribution < -0.4 is 19.6 Å². The second-order valence-electron chi connectivity index (χ2n) is 9.18. The van der Waals surface area contributed by atoms with Crippen molar-refractivity contribution < 1.29 is 28.6 Å². The fraction of sp³-hybridized carbons (Fsp3) is 0.0588. The minimum atomic E-state index is -0.844. The highest BCUT2D eigenvalue weighted by Gasteiger charge is 2.17. The molecule has 0 radical (unpaired) electrons. The summed E-state index contributed by atoms with van der Waals surface area (Å²) in [4.78, 5) is 38.1. The zero-order valence-electron chi connectivity index (χ0n) is 22.6. The minimum absolute atomic E-state index is 0.0836. The van der Waals surface area contributed by atoms with E-state index in [4.69, 9.17) is 14.2 Å². The molecule has 8 nitrogen and oxygen atoms in total. The summed E-state index contributed by atoms with van der Waals surface area (Å²) in [6, 6.07) is 34.8. The molecule has 208 valence electrons. The topological polar surface area (TPSA) is 103 Å². The van der Waals surface area contributed by atoms with Gasteiger partial charge in [0.15, 0.2) is 6.10 Å². The van der Waals surface area contributed by atoms with E-state index in [0.717, 1.165) is 10.8 Å². The van der Waals surface area contributed by atoms with Crippen LogP contribution in [0, 0.1) is 0 Å². The van der Waals surface area contributed by atoms with E-state index >= 15 is 0 Å². The van der Waals surface area contributed by atoms with Crippen LogP contribution in [0.25, 0.3) is 10.8 Å². The number of hydrazone groups is 1. The molecule has 0 fully saturated rings. The molecule has 1 N–H and O–H groups in total. The number of nitrogens with one attached hydrogen (secondary N) is 1. The molecule has 0 bridgehead atoms. The number of esters is 2. The lowest BCUT2D eigenvalue weighted by atomic mass is 10.1. The highest BCUT2D eigenvalue weighted by Crippen LogP contribution is 2.27. The molecule has 0 saturated carbocycles. The maximum absolute atomic E-state index is 12.8. The molecular weight excluding hydrogens is 532 g/mol. The number of ether oxygens (including phenoxy) is 3. The molecule has 0 aromatic heterocycles. The van der Waals surface area contributed by atoms with Gasteiger partial charge in [-0.15, -0.1) is 0 Å². The van der Waals surface area contributed by atoms with Crippen LogP contribution in [0.15, 0.2) is 126 Å². The predicted octanol–water partition coefficient (Wildman–Crippen LogP) is 6.20. The Morgan fingerprint density at radius 1 is 0.690 bits per heavy atom. The molecule has 1 atom stereocenters. The molecule has 0 heterocycles. The molecule has 0 aliphatic carbocycles. The van der Waals surface area contributed by atoms with Crippen LogP contribution >= 0.6 is 0 Å². The first-order valence-corrected chi connectivity index (χ1v) is 13.1. The van der Waals surface area contributed by atoms with Crippen LogP contribution in [-0.4, -0.2) is 30.2 Å². The van der Waals surface area contributed by atoms with Crippen LogP contribution in [0.3, 0.4) is 0 Å². The second-order valence-corrected chi connectivity index (χ2v) is 9.18. The van der Waals surface area contributed by atoms with Crippen LogP contribution in [0.4, 0.5) is 0 Å². The molecule has 8 heteroatoms. The lowest BCUT2D eigenvalue weighted by molar-refractivity contribution is -0.127. The maximum atomic E-state index is 12.8. The Bertz CT molecular complexity index is 1750. The summed E-state index contributed by atoms with van der Waals surface area (Å²) < 4.78 is 17.0. The molecule has 5 aromatic carbocycles. The van der Waals surface area contributed by atoms with Gasteiger partial charge in [0.1, 0.15) is 17.2 Å². The van der Waals surface area contributed by atoms with Crippen molar-refractivity contribution in [3.8, 4) is 17.2 Å². The average Bonchev–Trinajstić information content (AvgIpc) is 3.03. The first-order chi connectivity index (χ1) is 20.5. The van der Waals surface area contributed by atoms with Gasteiger partial charge < -0.3 is 14.2 Å². The smallest absolute Gasteiger partial charge is 0.343 e. The summed E-state index contributed by atoms with van der Waals surface area (Å²) in [6.07, 6.45) is 0.488. The number of benzene rings is 5. The zero-order valence-corrected chi connectivity index (χ0v) is 22.6. The first-order valence-electron chi connectivity index (χ1n) is 13.1. The molecule has 0 saturated heterocycles. The SMILES string of the molecule is CC(Oc1cccc2ccccc12)C(=O)N/N=C/c1ccc(OC(=O)c2ccccc2)cc1OC(=O)c1ccccc1. The number of carbonyl (C=O) groups is 3. The molecule has 0 aliphatic rings. The second kappa shape index (κ2) is 13.1. The average molecular weight is 559 g/mol. The third kappa shape index (κ3) is 6.86. The van der Waals surface area contributed by atoms with Gasteiger partial charge in [-0.25, -0.2) is 15.0 Å². The lowest BCUT2D eigenvalue weighted by Gasteiger charge is -2.15. The lowest BCUT2D eigenvalue weighted by Crippen LogP contribution is -2.33. The van der Waals surface area contributed by atoms with E-state index in [1.807, 2.05) is 36.4 Å². The number of carbonyl (C=O) groups excluding carboxylic acids is 3. The van der Waals surface area contributed by atoms with Crippen molar-refractivity contribution in [1.82, 2.24) is 5.43 Å². The van der Waals surface area contributed by atoms with E-state index in [1.54, 1.807) is 79.7 Å². The standard InChI is InChI=1S/C34H26N2O6/c1-23(40-30-18-10-16-24-11-8-9-17-29(24)30)32(37)36-35-22-27-19-20-28(41-33(38)25-12-4-2-5-13-25)21-31(27)42-34(39)26-14-6-3-7-15-26/h2-23H,1H3,(H,36,37)/b35-22+. The van der Waals surface area contributed by atoms with Crippen molar-refractivity contribution in [1.29, 1.82) is 0 Å². The van der Waals surface area contributed by atoms with Gasteiger partial charge in [-0.05, 0) is 54.8 Å². The molecular formula is C34H26N2O6. The Labute approximate surface area is 242 Å². The number of hydrogen-bond donors (Lipinski definition) is 1. The number of fused-ring (bicyclic) bond motifs is 1. The third-order valence-electron chi connectivity index (χ3n) is 6.22. The molecule has 0 spiro atoms. The minimum Gasteiger partial charge on any atom is -0.480 e. The number of nitrogens with zero attached hydrogens (tertiary/aromatic N) is 1. The van der Waals surface area contributed by atoms with Gasteiger partial charge in [0.2, 0.25) is 0 Å². The Hall–Kier alpha value is -5.76. The number of amides is 1. The van der Waals surface area contributed by atoms with Gasteiger partial charge >= 0.3 is 11.9 Å². The highest BCUT2D eigenvalue weighted by atomic mass is 16.5. The van der Waals surface area contributed by atoms with E-state index in [-0.39, 0.29) is 11.5 Å². The fourth-order valence-electron chi connectivity index (χ4n) is 4.05. The number of rotatable bonds is 9. The van der Waals surface area contributed by atoms with Crippen LogP contribution in [0.5, 0.6) is 17.2 Å². The Morgan fingerprint density at radius 2 is 1.31 bits per heavy atom. The van der Waals surface area contributed by atoms with Gasteiger partial charge in [-0.1, -0.05) is 72.8 Å². The van der Waals surface area contributed by atoms with Crippen LogP contribution in [0.1, 0.15) is 33.2 Å². The number of hydrogen-bond acceptors (Lipinski definition) is 7. The molecule has 0 aliphatic heterocycles. The first kappa shape index (κ1) is 27.8. The summed E-state index contributed by atoms with van der Waals surface area (Å²) in [7, 11) is 0. The fourth-order valence-corrected chi connectivity index (χ4v) is 4.05. The van der Waals surface area contributed by atoms with Crippen molar-refractivity contribution >= 4 is 34.8 Å². The van der Waals surface area contributed by atoms with Gasteiger partial charge in [-0.3, -0.25) is 4.79 Å². The predicted molar refractivity (Wildman–Crippen MR) is 159 cm³/mol. The van der Waals surface area contributed by atoms with Crippen molar-refractivity contribution in [3.05, 3.63) is 138 Å². The largest absolute Gasteiger partial charge is 0.480 e. The van der Waals surface area contributed by atoms with Gasteiger partial charge in [0.05, 0.1) is 17.3 Å². The Balaban J connectivity index is 1.31. The van der Waals surface area contributed by atoms with E-state index < -0.39 is 23.9 Å².